The van der Waals surface area contributed by atoms with Crippen LogP contribution < -0.4 is 10.1 Å². The molecule has 0 bridgehead atoms. The number of carbonyl (C=O) groups is 3. The molecule has 0 radical (unpaired) electrons. The molecule has 2 aromatic carbocycles. The molecule has 2 aromatic rings. The highest BCUT2D eigenvalue weighted by atomic mass is 16.5. The number of hydrogen-bond acceptors (Lipinski definition) is 4. The summed E-state index contributed by atoms with van der Waals surface area (Å²) in [5.74, 6) is -0.786. The van der Waals surface area contributed by atoms with Crippen molar-refractivity contribution in [3.63, 3.8) is 0 Å². The molecule has 1 amide bonds. The van der Waals surface area contributed by atoms with Crippen molar-refractivity contribution in [2.75, 3.05) is 12.4 Å². The molecule has 6 nitrogen and oxygen atoms in total. The van der Waals surface area contributed by atoms with Crippen LogP contribution in [-0.2, 0) is 10.2 Å². The van der Waals surface area contributed by atoms with Crippen molar-refractivity contribution in [3.05, 3.63) is 58.7 Å². The lowest BCUT2D eigenvalue weighted by Crippen LogP contribution is -2.21. The summed E-state index contributed by atoms with van der Waals surface area (Å²) >= 11 is 0. The van der Waals surface area contributed by atoms with Crippen LogP contribution >= 0.6 is 0 Å². The molecule has 0 aliphatic carbocycles. The van der Waals surface area contributed by atoms with E-state index in [0.29, 0.717) is 17.0 Å². The molecule has 2 rings (SSSR count). The molecule has 0 aliphatic rings. The van der Waals surface area contributed by atoms with Crippen LogP contribution in [0.5, 0.6) is 5.75 Å². The number of aromatic carboxylic acids is 1. The third-order valence-electron chi connectivity index (χ3n) is 6.42. The second-order valence-corrected chi connectivity index (χ2v) is 10.7. The maximum absolute atomic E-state index is 13.3. The highest BCUT2D eigenvalue weighted by molar-refractivity contribution is 5.98. The topological polar surface area (TPSA) is 92.7 Å². The predicted molar refractivity (Wildman–Crippen MR) is 144 cm³/mol. The van der Waals surface area contributed by atoms with E-state index in [0.717, 1.165) is 36.8 Å². The van der Waals surface area contributed by atoms with Crippen LogP contribution in [-0.4, -0.2) is 29.9 Å². The Balaban J connectivity index is 2.38. The highest BCUT2D eigenvalue weighted by Crippen LogP contribution is 2.36. The molecule has 1 atom stereocenters. The summed E-state index contributed by atoms with van der Waals surface area (Å²) in [4.78, 5) is 37.4. The molecule has 0 heterocycles. The van der Waals surface area contributed by atoms with Crippen LogP contribution in [0.3, 0.4) is 0 Å². The Morgan fingerprint density at radius 1 is 1.00 bits per heavy atom. The number of anilines is 1. The summed E-state index contributed by atoms with van der Waals surface area (Å²) < 4.78 is 5.66. The predicted octanol–water partition coefficient (Wildman–Crippen LogP) is 7.22. The summed E-state index contributed by atoms with van der Waals surface area (Å²) in [6, 6.07) is 10.4. The van der Waals surface area contributed by atoms with Crippen molar-refractivity contribution in [2.24, 2.45) is 5.92 Å². The van der Waals surface area contributed by atoms with Crippen LogP contribution in [0.2, 0.25) is 0 Å². The summed E-state index contributed by atoms with van der Waals surface area (Å²) in [5.41, 5.74) is 2.75. The summed E-state index contributed by atoms with van der Waals surface area (Å²) in [6.07, 6.45) is 4.11. The third kappa shape index (κ3) is 7.67. The van der Waals surface area contributed by atoms with Crippen LogP contribution in [0.25, 0.3) is 0 Å². The maximum atomic E-state index is 13.3. The van der Waals surface area contributed by atoms with Gasteiger partial charge in [-0.2, -0.15) is 0 Å². The van der Waals surface area contributed by atoms with Crippen molar-refractivity contribution in [2.45, 2.75) is 85.0 Å². The molecule has 6 heteroatoms. The zero-order chi connectivity index (χ0) is 27.0. The fourth-order valence-electron chi connectivity index (χ4n) is 4.40. The third-order valence-corrected chi connectivity index (χ3v) is 6.42. The molecule has 1 unspecified atom stereocenters. The number of hydrogen-bond donors (Lipinski definition) is 2. The second kappa shape index (κ2) is 12.7. The molecular formula is C30H41NO5. The first-order valence-electron chi connectivity index (χ1n) is 12.8. The monoisotopic (exact) mass is 495 g/mol. The standard InChI is InChI=1S/C30H41NO5/c1-8-9-10-11-20(23-14-12-21(17-26(23)36-7)28(33)19(2)3)18-27(32)31-25-16-22(29(34)35)13-15-24(25)30(4,5)6/h12-17,19-20H,8-11,18H2,1-7H3,(H,31,32)(H,34,35). The van der Waals surface area contributed by atoms with Crippen molar-refractivity contribution in [1.29, 1.82) is 0 Å². The fourth-order valence-corrected chi connectivity index (χ4v) is 4.40. The second-order valence-electron chi connectivity index (χ2n) is 10.7. The van der Waals surface area contributed by atoms with Crippen molar-refractivity contribution >= 4 is 23.3 Å². The van der Waals surface area contributed by atoms with Crippen molar-refractivity contribution < 1.29 is 24.2 Å². The highest BCUT2D eigenvalue weighted by Gasteiger charge is 2.24. The lowest BCUT2D eigenvalue weighted by Gasteiger charge is -2.25. The molecule has 36 heavy (non-hydrogen) atoms. The molecule has 0 saturated heterocycles. The van der Waals surface area contributed by atoms with Gasteiger partial charge in [-0.05, 0) is 47.1 Å². The van der Waals surface area contributed by atoms with Gasteiger partial charge in [-0.3, -0.25) is 9.59 Å². The number of ether oxygens (including phenoxy) is 1. The summed E-state index contributed by atoms with van der Waals surface area (Å²) in [6.45, 7) is 11.9. The van der Waals surface area contributed by atoms with Gasteiger partial charge in [0.1, 0.15) is 5.75 Å². The number of unbranched alkanes of at least 4 members (excludes halogenated alkanes) is 2. The van der Waals surface area contributed by atoms with E-state index in [1.807, 2.05) is 46.8 Å². The van der Waals surface area contributed by atoms with E-state index >= 15 is 0 Å². The Bertz CT molecular complexity index is 1080. The average molecular weight is 496 g/mol. The Morgan fingerprint density at radius 3 is 2.22 bits per heavy atom. The minimum Gasteiger partial charge on any atom is -0.496 e. The molecular weight excluding hydrogens is 454 g/mol. The Hall–Kier alpha value is -3.15. The smallest absolute Gasteiger partial charge is 0.335 e. The van der Waals surface area contributed by atoms with Crippen LogP contribution in [0, 0.1) is 5.92 Å². The number of rotatable bonds is 12. The van der Waals surface area contributed by atoms with E-state index in [-0.39, 0.29) is 40.9 Å². The molecule has 196 valence electrons. The first-order chi connectivity index (χ1) is 16.9. The number of nitrogens with one attached hydrogen (secondary N) is 1. The number of methoxy groups -OCH3 is 1. The largest absolute Gasteiger partial charge is 0.496 e. The first-order valence-corrected chi connectivity index (χ1v) is 12.8. The van der Waals surface area contributed by atoms with E-state index in [1.165, 1.54) is 6.07 Å². The maximum Gasteiger partial charge on any atom is 0.335 e. The number of Topliss-reactive ketones (excluding diaryl/α,β-unsaturated/α-hetero) is 1. The quantitative estimate of drug-likeness (QED) is 0.239. The lowest BCUT2D eigenvalue weighted by molar-refractivity contribution is -0.116. The Morgan fingerprint density at radius 2 is 1.67 bits per heavy atom. The van der Waals surface area contributed by atoms with Gasteiger partial charge in [0.2, 0.25) is 5.91 Å². The van der Waals surface area contributed by atoms with Crippen molar-refractivity contribution in [3.8, 4) is 5.75 Å². The molecule has 0 aromatic heterocycles. The van der Waals surface area contributed by atoms with Crippen LogP contribution in [0.15, 0.2) is 36.4 Å². The normalized spacial score (nSPS) is 12.3. The van der Waals surface area contributed by atoms with Crippen LogP contribution in [0.1, 0.15) is 111 Å². The first kappa shape index (κ1) is 29.1. The average Bonchev–Trinajstić information content (AvgIpc) is 2.81. The number of amides is 1. The zero-order valence-electron chi connectivity index (χ0n) is 22.7. The zero-order valence-corrected chi connectivity index (χ0v) is 22.7. The Kier molecular flexibility index (Phi) is 10.3. The van der Waals surface area contributed by atoms with Gasteiger partial charge < -0.3 is 15.2 Å². The van der Waals surface area contributed by atoms with Gasteiger partial charge in [0.15, 0.2) is 5.78 Å². The SMILES string of the molecule is CCCCCC(CC(=O)Nc1cc(C(=O)O)ccc1C(C)(C)C)c1ccc(C(=O)C(C)C)cc1OC. The molecule has 2 N–H and O–H groups in total. The summed E-state index contributed by atoms with van der Waals surface area (Å²) in [7, 11) is 1.58. The number of carboxylic acid groups (broad SMARTS) is 1. The lowest BCUT2D eigenvalue weighted by atomic mass is 9.84. The summed E-state index contributed by atoms with van der Waals surface area (Å²) in [5, 5.41) is 12.4. The van der Waals surface area contributed by atoms with E-state index in [4.69, 9.17) is 4.74 Å². The van der Waals surface area contributed by atoms with Gasteiger partial charge in [-0.1, -0.05) is 79.0 Å². The van der Waals surface area contributed by atoms with Gasteiger partial charge in [-0.25, -0.2) is 4.79 Å². The Labute approximate surface area is 215 Å². The van der Waals surface area contributed by atoms with Gasteiger partial charge in [0.05, 0.1) is 12.7 Å². The fraction of sp³-hybridized carbons (Fsp3) is 0.500. The molecule has 0 saturated carbocycles. The van der Waals surface area contributed by atoms with Gasteiger partial charge in [0.25, 0.3) is 0 Å². The number of ketones is 1. The minimum absolute atomic E-state index is 0.0492. The van der Waals surface area contributed by atoms with E-state index in [2.05, 4.69) is 12.2 Å². The van der Waals surface area contributed by atoms with Gasteiger partial charge >= 0.3 is 5.97 Å². The van der Waals surface area contributed by atoms with E-state index < -0.39 is 5.97 Å². The minimum atomic E-state index is -1.04. The molecule has 0 fully saturated rings. The van der Waals surface area contributed by atoms with Gasteiger partial charge in [0, 0.05) is 23.6 Å². The van der Waals surface area contributed by atoms with E-state index in [1.54, 1.807) is 25.3 Å². The van der Waals surface area contributed by atoms with Gasteiger partial charge in [-0.15, -0.1) is 0 Å². The van der Waals surface area contributed by atoms with E-state index in [9.17, 15) is 19.5 Å². The number of carboxylic acids is 1. The number of benzene rings is 2. The number of carbonyl (C=O) groups excluding carboxylic acids is 2. The van der Waals surface area contributed by atoms with Crippen LogP contribution in [0.4, 0.5) is 5.69 Å². The van der Waals surface area contributed by atoms with Crippen molar-refractivity contribution in [1.82, 2.24) is 0 Å². The molecule has 0 aliphatic heterocycles. The molecule has 0 spiro atoms.